The molecule has 0 bridgehead atoms. The van der Waals surface area contributed by atoms with Crippen molar-refractivity contribution in [2.24, 2.45) is 7.05 Å². The lowest BCUT2D eigenvalue weighted by Crippen LogP contribution is -2.42. The molecule has 9 heteroatoms. The van der Waals surface area contributed by atoms with Crippen molar-refractivity contribution in [3.05, 3.63) is 11.4 Å². The zero-order valence-corrected chi connectivity index (χ0v) is 15.7. The first-order valence-electron chi connectivity index (χ1n) is 8.32. The van der Waals surface area contributed by atoms with Crippen LogP contribution in [-0.2, 0) is 17.1 Å². The smallest absolute Gasteiger partial charge is 0.317 e. The number of aryl methyl sites for hydroxylation is 2. The minimum absolute atomic E-state index is 0.121. The molecule has 0 atom stereocenters. The van der Waals surface area contributed by atoms with Gasteiger partial charge in [0, 0.05) is 39.8 Å². The Morgan fingerprint density at radius 2 is 1.92 bits per heavy atom. The van der Waals surface area contributed by atoms with E-state index in [4.69, 9.17) is 0 Å². The van der Waals surface area contributed by atoms with Gasteiger partial charge in [-0.2, -0.15) is 9.40 Å². The average Bonchev–Trinajstić information content (AvgIpc) is 2.72. The van der Waals surface area contributed by atoms with Crippen LogP contribution in [0.15, 0.2) is 4.90 Å². The van der Waals surface area contributed by atoms with Gasteiger partial charge in [-0.3, -0.25) is 4.68 Å². The van der Waals surface area contributed by atoms with Crippen molar-refractivity contribution in [2.45, 2.75) is 38.5 Å². The lowest BCUT2D eigenvalue weighted by atomic mass is 10.4. The zero-order valence-electron chi connectivity index (χ0n) is 14.9. The fourth-order valence-electron chi connectivity index (χ4n) is 2.94. The molecule has 2 amide bonds. The van der Waals surface area contributed by atoms with Gasteiger partial charge >= 0.3 is 6.03 Å². The summed E-state index contributed by atoms with van der Waals surface area (Å²) in [7, 11) is -1.86. The largest absolute Gasteiger partial charge is 0.338 e. The average molecular weight is 357 g/mol. The highest BCUT2D eigenvalue weighted by Gasteiger charge is 2.32. The second-order valence-corrected chi connectivity index (χ2v) is 7.97. The van der Waals surface area contributed by atoms with E-state index >= 15 is 0 Å². The molecule has 136 valence electrons. The summed E-state index contributed by atoms with van der Waals surface area (Å²) >= 11 is 0. The lowest BCUT2D eigenvalue weighted by Gasteiger charge is -2.22. The van der Waals surface area contributed by atoms with E-state index in [1.807, 2.05) is 6.92 Å². The molecular formula is C15H27N5O3S. The predicted octanol–water partition coefficient (Wildman–Crippen LogP) is 0.853. The van der Waals surface area contributed by atoms with Crippen molar-refractivity contribution in [1.29, 1.82) is 0 Å². The van der Waals surface area contributed by atoms with E-state index < -0.39 is 10.0 Å². The lowest BCUT2D eigenvalue weighted by molar-refractivity contribution is 0.200. The molecule has 1 saturated heterocycles. The number of carbonyl (C=O) groups excluding carboxylic acids is 1. The molecule has 8 nitrogen and oxygen atoms in total. The number of aromatic nitrogens is 2. The van der Waals surface area contributed by atoms with Crippen LogP contribution in [0.25, 0.3) is 0 Å². The van der Waals surface area contributed by atoms with E-state index in [1.54, 1.807) is 30.5 Å². The second-order valence-electron chi connectivity index (χ2n) is 6.10. The Bertz CT molecular complexity index is 698. The molecular weight excluding hydrogens is 330 g/mol. The molecule has 0 unspecified atom stereocenters. The number of hydrogen-bond acceptors (Lipinski definition) is 4. The number of sulfonamides is 1. The van der Waals surface area contributed by atoms with E-state index in [2.05, 4.69) is 10.4 Å². The van der Waals surface area contributed by atoms with E-state index in [9.17, 15) is 13.2 Å². The van der Waals surface area contributed by atoms with Gasteiger partial charge in [-0.15, -0.1) is 0 Å². The molecule has 1 aliphatic heterocycles. The molecule has 1 N–H and O–H groups in total. The van der Waals surface area contributed by atoms with Gasteiger partial charge in [0.25, 0.3) is 0 Å². The third-order valence-corrected chi connectivity index (χ3v) is 6.46. The first-order valence-corrected chi connectivity index (χ1v) is 9.76. The van der Waals surface area contributed by atoms with Gasteiger partial charge in [0.1, 0.15) is 4.90 Å². The number of nitrogens with one attached hydrogen (secondary N) is 1. The standard InChI is InChI=1S/C15H27N5O3S/c1-5-7-16-15(21)19-8-6-9-20(11-10-19)24(22,23)14-12(2)17-18(4)13(14)3/h5-11H2,1-4H3,(H,16,21). The van der Waals surface area contributed by atoms with Crippen LogP contribution in [0.2, 0.25) is 0 Å². The topological polar surface area (TPSA) is 87.5 Å². The van der Waals surface area contributed by atoms with Gasteiger partial charge < -0.3 is 10.2 Å². The molecule has 1 aromatic heterocycles. The Morgan fingerprint density at radius 3 is 2.50 bits per heavy atom. The third-order valence-electron chi connectivity index (χ3n) is 4.31. The molecule has 1 aromatic rings. The zero-order chi connectivity index (χ0) is 17.9. The van der Waals surface area contributed by atoms with Crippen molar-refractivity contribution >= 4 is 16.1 Å². The summed E-state index contributed by atoms with van der Waals surface area (Å²) in [5, 5.41) is 7.05. The van der Waals surface area contributed by atoms with Gasteiger partial charge in [0.05, 0.1) is 11.4 Å². The van der Waals surface area contributed by atoms with Crippen LogP contribution in [0.5, 0.6) is 0 Å². The maximum atomic E-state index is 13.0. The van der Waals surface area contributed by atoms with Crippen molar-refractivity contribution in [3.63, 3.8) is 0 Å². The normalized spacial score (nSPS) is 16.9. The Labute approximate surface area is 143 Å². The minimum atomic E-state index is -3.60. The molecule has 1 aliphatic rings. The first kappa shape index (κ1) is 18.7. The van der Waals surface area contributed by atoms with Crippen LogP contribution in [0.1, 0.15) is 31.2 Å². The van der Waals surface area contributed by atoms with Crippen molar-refractivity contribution in [1.82, 2.24) is 24.3 Å². The maximum Gasteiger partial charge on any atom is 0.317 e. The van der Waals surface area contributed by atoms with E-state index in [1.165, 1.54) is 4.31 Å². The second kappa shape index (κ2) is 7.52. The van der Waals surface area contributed by atoms with Gasteiger partial charge in [-0.05, 0) is 26.7 Å². The highest BCUT2D eigenvalue weighted by molar-refractivity contribution is 7.89. The summed E-state index contributed by atoms with van der Waals surface area (Å²) in [6.45, 7) is 7.77. The van der Waals surface area contributed by atoms with Crippen molar-refractivity contribution < 1.29 is 13.2 Å². The fourth-order valence-corrected chi connectivity index (χ4v) is 4.81. The summed E-state index contributed by atoms with van der Waals surface area (Å²) in [6, 6.07) is -0.121. The van der Waals surface area contributed by atoms with Gasteiger partial charge in [-0.1, -0.05) is 6.92 Å². The summed E-state index contributed by atoms with van der Waals surface area (Å²) in [4.78, 5) is 14.1. The Morgan fingerprint density at radius 1 is 1.21 bits per heavy atom. The Kier molecular flexibility index (Phi) is 5.87. The molecule has 0 saturated carbocycles. The van der Waals surface area contributed by atoms with Crippen LogP contribution >= 0.6 is 0 Å². The third kappa shape index (κ3) is 3.72. The van der Waals surface area contributed by atoms with Crippen LogP contribution < -0.4 is 5.32 Å². The van der Waals surface area contributed by atoms with Crippen molar-refractivity contribution in [2.75, 3.05) is 32.7 Å². The quantitative estimate of drug-likeness (QED) is 0.865. The van der Waals surface area contributed by atoms with Gasteiger partial charge in [0.15, 0.2) is 0 Å². The van der Waals surface area contributed by atoms with Crippen LogP contribution in [0, 0.1) is 13.8 Å². The molecule has 2 heterocycles. The van der Waals surface area contributed by atoms with Crippen LogP contribution in [0.3, 0.4) is 0 Å². The van der Waals surface area contributed by atoms with Gasteiger partial charge in [0.2, 0.25) is 10.0 Å². The molecule has 0 aromatic carbocycles. The van der Waals surface area contributed by atoms with E-state index in [-0.39, 0.29) is 10.9 Å². The SMILES string of the molecule is CCCNC(=O)N1CCCN(S(=O)(=O)c2c(C)nn(C)c2C)CC1. The summed E-state index contributed by atoms with van der Waals surface area (Å²) < 4.78 is 29.1. The van der Waals surface area contributed by atoms with Crippen LogP contribution in [-0.4, -0.2) is 66.2 Å². The Balaban J connectivity index is 2.14. The number of hydrogen-bond donors (Lipinski definition) is 1. The highest BCUT2D eigenvalue weighted by Crippen LogP contribution is 2.24. The molecule has 0 spiro atoms. The number of nitrogens with zero attached hydrogens (tertiary/aromatic N) is 4. The molecule has 0 radical (unpaired) electrons. The van der Waals surface area contributed by atoms with Gasteiger partial charge in [-0.25, -0.2) is 13.2 Å². The molecule has 2 rings (SSSR count). The molecule has 0 aliphatic carbocycles. The van der Waals surface area contributed by atoms with E-state index in [0.29, 0.717) is 50.5 Å². The summed E-state index contributed by atoms with van der Waals surface area (Å²) in [5.41, 5.74) is 1.14. The summed E-state index contributed by atoms with van der Waals surface area (Å²) in [5.74, 6) is 0. The monoisotopic (exact) mass is 357 g/mol. The highest BCUT2D eigenvalue weighted by atomic mass is 32.2. The fraction of sp³-hybridized carbons (Fsp3) is 0.733. The number of carbonyl (C=O) groups is 1. The van der Waals surface area contributed by atoms with Crippen molar-refractivity contribution in [3.8, 4) is 0 Å². The number of urea groups is 1. The molecule has 24 heavy (non-hydrogen) atoms. The Hall–Kier alpha value is -1.61. The molecule has 1 fully saturated rings. The van der Waals surface area contributed by atoms with E-state index in [0.717, 1.165) is 6.42 Å². The number of amides is 2. The predicted molar refractivity (Wildman–Crippen MR) is 91.3 cm³/mol. The summed E-state index contributed by atoms with van der Waals surface area (Å²) in [6.07, 6.45) is 1.50. The number of rotatable bonds is 4. The minimum Gasteiger partial charge on any atom is -0.338 e. The first-order chi connectivity index (χ1) is 11.3. The van der Waals surface area contributed by atoms with Crippen LogP contribution in [0.4, 0.5) is 4.79 Å². The maximum absolute atomic E-state index is 13.0.